The molecule has 0 amide bonds. The van der Waals surface area contributed by atoms with Crippen LogP contribution < -0.4 is 0 Å². The fourth-order valence-corrected chi connectivity index (χ4v) is 1.80. The highest BCUT2D eigenvalue weighted by Crippen LogP contribution is 2.41. The van der Waals surface area contributed by atoms with E-state index in [1.54, 1.807) is 0 Å². The molecule has 0 bridgehead atoms. The molecule has 1 aromatic rings. The van der Waals surface area contributed by atoms with Crippen molar-refractivity contribution in [1.82, 2.24) is 9.78 Å². The SMILES string of the molecule is CCC(C)n1cc(CC=O)c(C2CC2)n1. The Morgan fingerprint density at radius 1 is 1.67 bits per heavy atom. The van der Waals surface area contributed by atoms with Gasteiger partial charge in [0.25, 0.3) is 0 Å². The maximum atomic E-state index is 10.6. The van der Waals surface area contributed by atoms with Gasteiger partial charge >= 0.3 is 0 Å². The first-order valence-electron chi connectivity index (χ1n) is 5.77. The standard InChI is InChI=1S/C12H18N2O/c1-3-9(2)14-8-11(6-7-15)12(13-14)10-4-5-10/h7-10H,3-6H2,1-2H3. The average molecular weight is 206 g/mol. The molecular weight excluding hydrogens is 188 g/mol. The predicted molar refractivity (Wildman–Crippen MR) is 59.0 cm³/mol. The second-order valence-electron chi connectivity index (χ2n) is 4.42. The Balaban J connectivity index is 2.26. The summed E-state index contributed by atoms with van der Waals surface area (Å²) in [5.41, 5.74) is 2.30. The van der Waals surface area contributed by atoms with E-state index in [-0.39, 0.29) is 0 Å². The summed E-state index contributed by atoms with van der Waals surface area (Å²) in [6.07, 6.45) is 7.10. The predicted octanol–water partition coefficient (Wildman–Crippen LogP) is 2.47. The number of hydrogen-bond acceptors (Lipinski definition) is 2. The summed E-state index contributed by atoms with van der Waals surface area (Å²) >= 11 is 0. The minimum atomic E-state index is 0.433. The molecule has 3 heteroatoms. The van der Waals surface area contributed by atoms with E-state index in [1.165, 1.54) is 18.5 Å². The molecule has 1 atom stereocenters. The summed E-state index contributed by atoms with van der Waals surface area (Å²) in [7, 11) is 0. The average Bonchev–Trinajstić information content (AvgIpc) is 3.00. The van der Waals surface area contributed by atoms with Gasteiger partial charge in [0.15, 0.2) is 0 Å². The fraction of sp³-hybridized carbons (Fsp3) is 0.667. The number of aromatic nitrogens is 2. The van der Waals surface area contributed by atoms with Crippen molar-refractivity contribution in [3.05, 3.63) is 17.5 Å². The van der Waals surface area contributed by atoms with Gasteiger partial charge in [-0.15, -0.1) is 0 Å². The van der Waals surface area contributed by atoms with Crippen LogP contribution in [0.25, 0.3) is 0 Å². The van der Waals surface area contributed by atoms with E-state index < -0.39 is 0 Å². The van der Waals surface area contributed by atoms with Gasteiger partial charge in [-0.05, 0) is 26.2 Å². The molecule has 1 unspecified atom stereocenters. The molecule has 1 saturated carbocycles. The number of carbonyl (C=O) groups is 1. The second-order valence-corrected chi connectivity index (χ2v) is 4.42. The monoisotopic (exact) mass is 206 g/mol. The summed E-state index contributed by atoms with van der Waals surface area (Å²) in [4.78, 5) is 10.6. The van der Waals surface area contributed by atoms with E-state index >= 15 is 0 Å². The molecule has 1 fully saturated rings. The summed E-state index contributed by atoms with van der Waals surface area (Å²) in [6, 6.07) is 0.433. The Hall–Kier alpha value is -1.12. The molecule has 0 radical (unpaired) electrons. The molecule has 15 heavy (non-hydrogen) atoms. The second kappa shape index (κ2) is 4.17. The van der Waals surface area contributed by atoms with Gasteiger partial charge in [0, 0.05) is 30.1 Å². The van der Waals surface area contributed by atoms with Crippen LogP contribution >= 0.6 is 0 Å². The van der Waals surface area contributed by atoms with Crippen LogP contribution in [0, 0.1) is 0 Å². The lowest BCUT2D eigenvalue weighted by atomic mass is 10.1. The molecule has 3 nitrogen and oxygen atoms in total. The Morgan fingerprint density at radius 3 is 2.93 bits per heavy atom. The molecule has 1 aliphatic carbocycles. The number of rotatable bonds is 5. The van der Waals surface area contributed by atoms with Gasteiger partial charge in [0.2, 0.25) is 0 Å². The van der Waals surface area contributed by atoms with Gasteiger partial charge in [-0.2, -0.15) is 5.10 Å². The minimum Gasteiger partial charge on any atom is -0.303 e. The molecule has 0 saturated heterocycles. The highest BCUT2D eigenvalue weighted by Gasteiger charge is 2.29. The first kappa shape index (κ1) is 10.4. The molecule has 1 aliphatic rings. The highest BCUT2D eigenvalue weighted by molar-refractivity contribution is 5.55. The lowest BCUT2D eigenvalue weighted by Crippen LogP contribution is -2.04. The molecule has 1 aromatic heterocycles. The van der Waals surface area contributed by atoms with Gasteiger partial charge < -0.3 is 4.79 Å². The van der Waals surface area contributed by atoms with E-state index in [0.717, 1.165) is 18.3 Å². The maximum Gasteiger partial charge on any atom is 0.124 e. The number of aldehydes is 1. The smallest absolute Gasteiger partial charge is 0.124 e. The third-order valence-electron chi connectivity index (χ3n) is 3.15. The van der Waals surface area contributed by atoms with Gasteiger partial charge in [-0.25, -0.2) is 0 Å². The van der Waals surface area contributed by atoms with Gasteiger partial charge in [-0.3, -0.25) is 4.68 Å². The fourth-order valence-electron chi connectivity index (χ4n) is 1.80. The van der Waals surface area contributed by atoms with Crippen LogP contribution in [-0.4, -0.2) is 16.1 Å². The van der Waals surface area contributed by atoms with Crippen molar-refractivity contribution in [2.24, 2.45) is 0 Å². The van der Waals surface area contributed by atoms with Crippen molar-refractivity contribution in [2.75, 3.05) is 0 Å². The first-order chi connectivity index (χ1) is 7.26. The highest BCUT2D eigenvalue weighted by atomic mass is 16.1. The van der Waals surface area contributed by atoms with Crippen molar-refractivity contribution < 1.29 is 4.79 Å². The summed E-state index contributed by atoms with van der Waals surface area (Å²) in [5.74, 6) is 0.630. The van der Waals surface area contributed by atoms with E-state index in [9.17, 15) is 4.79 Å². The Kier molecular flexibility index (Phi) is 2.89. The van der Waals surface area contributed by atoms with Crippen molar-refractivity contribution in [1.29, 1.82) is 0 Å². The van der Waals surface area contributed by atoms with Crippen LogP contribution in [0.5, 0.6) is 0 Å². The molecule has 2 rings (SSSR count). The molecule has 0 aromatic carbocycles. The molecular formula is C12H18N2O. The molecule has 82 valence electrons. The zero-order valence-corrected chi connectivity index (χ0v) is 9.44. The van der Waals surface area contributed by atoms with Crippen LogP contribution in [0.3, 0.4) is 0 Å². The summed E-state index contributed by atoms with van der Waals surface area (Å²) < 4.78 is 2.02. The first-order valence-corrected chi connectivity index (χ1v) is 5.77. The van der Waals surface area contributed by atoms with Gasteiger partial charge in [-0.1, -0.05) is 6.92 Å². The van der Waals surface area contributed by atoms with E-state index in [4.69, 9.17) is 0 Å². The zero-order chi connectivity index (χ0) is 10.8. The lowest BCUT2D eigenvalue weighted by molar-refractivity contribution is -0.107. The third-order valence-corrected chi connectivity index (χ3v) is 3.15. The molecule has 0 N–H and O–H groups in total. The summed E-state index contributed by atoms with van der Waals surface area (Å²) in [6.45, 7) is 4.32. The van der Waals surface area contributed by atoms with Crippen molar-refractivity contribution >= 4 is 6.29 Å². The normalized spacial score (nSPS) is 17.7. The number of nitrogens with zero attached hydrogens (tertiary/aromatic N) is 2. The topological polar surface area (TPSA) is 34.9 Å². The van der Waals surface area contributed by atoms with Gasteiger partial charge in [0.05, 0.1) is 5.69 Å². The van der Waals surface area contributed by atoms with Crippen LogP contribution in [0.1, 0.15) is 56.3 Å². The van der Waals surface area contributed by atoms with Crippen molar-refractivity contribution in [3.8, 4) is 0 Å². The zero-order valence-electron chi connectivity index (χ0n) is 9.44. The van der Waals surface area contributed by atoms with Crippen molar-refractivity contribution in [3.63, 3.8) is 0 Å². The molecule has 0 spiro atoms. The van der Waals surface area contributed by atoms with E-state index in [1.807, 2.05) is 4.68 Å². The quantitative estimate of drug-likeness (QED) is 0.694. The Bertz CT molecular complexity index is 353. The van der Waals surface area contributed by atoms with E-state index in [0.29, 0.717) is 18.4 Å². The third kappa shape index (κ3) is 2.11. The van der Waals surface area contributed by atoms with Crippen molar-refractivity contribution in [2.45, 2.75) is 51.5 Å². The van der Waals surface area contributed by atoms with Crippen LogP contribution in [0.4, 0.5) is 0 Å². The van der Waals surface area contributed by atoms with Gasteiger partial charge in [0.1, 0.15) is 6.29 Å². The van der Waals surface area contributed by atoms with E-state index in [2.05, 4.69) is 25.1 Å². The maximum absolute atomic E-state index is 10.6. The minimum absolute atomic E-state index is 0.433. The number of hydrogen-bond donors (Lipinski definition) is 0. The molecule has 0 aliphatic heterocycles. The van der Waals surface area contributed by atoms with Crippen LogP contribution in [-0.2, 0) is 11.2 Å². The largest absolute Gasteiger partial charge is 0.303 e. The lowest BCUT2D eigenvalue weighted by Gasteiger charge is -2.07. The Labute approximate surface area is 90.5 Å². The summed E-state index contributed by atoms with van der Waals surface area (Å²) in [5, 5.41) is 4.62. The van der Waals surface area contributed by atoms with Crippen LogP contribution in [0.2, 0.25) is 0 Å². The Morgan fingerprint density at radius 2 is 2.40 bits per heavy atom. The molecule has 1 heterocycles. The number of carbonyl (C=O) groups excluding carboxylic acids is 1. The van der Waals surface area contributed by atoms with Crippen LogP contribution in [0.15, 0.2) is 6.20 Å².